The van der Waals surface area contributed by atoms with E-state index in [0.717, 1.165) is 67.7 Å². The molecule has 6 heteroatoms. The number of hydrogen-bond donors (Lipinski definition) is 1. The first kappa shape index (κ1) is 24.4. The lowest BCUT2D eigenvalue weighted by Gasteiger charge is -2.28. The van der Waals surface area contributed by atoms with Crippen molar-refractivity contribution in [2.24, 2.45) is 0 Å². The molecule has 3 aromatic rings. The number of aryl methyl sites for hydroxylation is 1. The SMILES string of the molecule is O=C(CCCc1ccncc1)N1CCN(Cc2ccccc2)CCCNc2ccc(Br)cc2C1. The molecule has 0 fully saturated rings. The zero-order chi connectivity index (χ0) is 23.6. The van der Waals surface area contributed by atoms with Crippen LogP contribution in [0.1, 0.15) is 36.0 Å². The molecule has 34 heavy (non-hydrogen) atoms. The average molecular weight is 522 g/mol. The number of pyridine rings is 1. The molecule has 0 bridgehead atoms. The van der Waals surface area contributed by atoms with E-state index in [1.165, 1.54) is 11.1 Å². The first-order chi connectivity index (χ1) is 16.7. The molecular formula is C28H33BrN4O. The first-order valence-corrected chi connectivity index (χ1v) is 12.9. The molecule has 0 unspecified atom stereocenters. The quantitative estimate of drug-likeness (QED) is 0.465. The molecule has 1 N–H and O–H groups in total. The lowest BCUT2D eigenvalue weighted by molar-refractivity contribution is -0.132. The summed E-state index contributed by atoms with van der Waals surface area (Å²) in [6, 6.07) is 21.0. The van der Waals surface area contributed by atoms with Gasteiger partial charge in [-0.2, -0.15) is 0 Å². The second-order valence-electron chi connectivity index (χ2n) is 8.87. The number of amides is 1. The van der Waals surface area contributed by atoms with E-state index in [1.54, 1.807) is 0 Å². The number of rotatable bonds is 6. The molecule has 1 aliphatic heterocycles. The Morgan fingerprint density at radius 3 is 2.62 bits per heavy atom. The molecule has 0 saturated heterocycles. The van der Waals surface area contributed by atoms with Gasteiger partial charge in [0.2, 0.25) is 5.91 Å². The Balaban J connectivity index is 1.46. The monoisotopic (exact) mass is 520 g/mol. The number of benzene rings is 2. The van der Waals surface area contributed by atoms with Crippen molar-refractivity contribution < 1.29 is 4.79 Å². The van der Waals surface area contributed by atoms with Gasteiger partial charge >= 0.3 is 0 Å². The number of halogens is 1. The smallest absolute Gasteiger partial charge is 0.222 e. The summed E-state index contributed by atoms with van der Waals surface area (Å²) in [5, 5.41) is 3.61. The van der Waals surface area contributed by atoms with Crippen LogP contribution in [0.4, 0.5) is 5.69 Å². The Kier molecular flexibility index (Phi) is 9.11. The Morgan fingerprint density at radius 1 is 0.971 bits per heavy atom. The molecule has 0 aliphatic carbocycles. The molecule has 178 valence electrons. The predicted octanol–water partition coefficient (Wildman–Crippen LogP) is 5.51. The molecule has 1 aliphatic rings. The molecule has 0 radical (unpaired) electrons. The number of carbonyl (C=O) groups is 1. The van der Waals surface area contributed by atoms with Crippen LogP contribution in [0.3, 0.4) is 0 Å². The van der Waals surface area contributed by atoms with Gasteiger partial charge in [-0.1, -0.05) is 46.3 Å². The van der Waals surface area contributed by atoms with Gasteiger partial charge in [0.15, 0.2) is 0 Å². The van der Waals surface area contributed by atoms with Crippen LogP contribution in [0.15, 0.2) is 77.5 Å². The fourth-order valence-corrected chi connectivity index (χ4v) is 4.82. The summed E-state index contributed by atoms with van der Waals surface area (Å²) >= 11 is 3.61. The average Bonchev–Trinajstić information content (AvgIpc) is 2.89. The first-order valence-electron chi connectivity index (χ1n) is 12.1. The van der Waals surface area contributed by atoms with E-state index in [1.807, 2.05) is 29.4 Å². The maximum Gasteiger partial charge on any atom is 0.222 e. The largest absolute Gasteiger partial charge is 0.385 e. The van der Waals surface area contributed by atoms with Crippen LogP contribution in [0, 0.1) is 0 Å². The van der Waals surface area contributed by atoms with Crippen molar-refractivity contribution in [2.45, 2.75) is 38.8 Å². The van der Waals surface area contributed by atoms with Crippen LogP contribution in [-0.2, 0) is 24.3 Å². The van der Waals surface area contributed by atoms with E-state index >= 15 is 0 Å². The summed E-state index contributed by atoms with van der Waals surface area (Å²) < 4.78 is 1.04. The third-order valence-electron chi connectivity index (χ3n) is 6.29. The molecule has 4 rings (SSSR count). The Bertz CT molecular complexity index is 1040. The van der Waals surface area contributed by atoms with Gasteiger partial charge in [0.25, 0.3) is 0 Å². The number of aromatic nitrogens is 1. The minimum absolute atomic E-state index is 0.221. The highest BCUT2D eigenvalue weighted by atomic mass is 79.9. The molecule has 2 aromatic carbocycles. The zero-order valence-electron chi connectivity index (χ0n) is 19.6. The fraction of sp³-hybridized carbons (Fsp3) is 0.357. The molecule has 5 nitrogen and oxygen atoms in total. The van der Waals surface area contributed by atoms with Crippen molar-refractivity contribution in [2.75, 3.05) is 31.5 Å². The summed E-state index contributed by atoms with van der Waals surface area (Å²) in [5.74, 6) is 0.221. The second kappa shape index (κ2) is 12.7. The maximum atomic E-state index is 13.4. The topological polar surface area (TPSA) is 48.5 Å². The van der Waals surface area contributed by atoms with Gasteiger partial charge in [-0.3, -0.25) is 14.7 Å². The number of nitrogens with zero attached hydrogens (tertiary/aromatic N) is 3. The van der Waals surface area contributed by atoms with Crippen LogP contribution in [0.25, 0.3) is 0 Å². The summed E-state index contributed by atoms with van der Waals surface area (Å²) in [7, 11) is 0. The van der Waals surface area contributed by atoms with Crippen LogP contribution in [0.2, 0.25) is 0 Å². The van der Waals surface area contributed by atoms with Crippen LogP contribution in [0.5, 0.6) is 0 Å². The Morgan fingerprint density at radius 2 is 1.79 bits per heavy atom. The standard InChI is InChI=1S/C28H33BrN4O/c29-26-10-11-27-25(20-26)22-33(28(34)9-4-8-23-12-15-30-16-13-23)19-18-32(17-5-14-31-27)21-24-6-2-1-3-7-24/h1-3,6-7,10-13,15-16,20,31H,4-5,8-9,14,17-19,21-22H2. The van der Waals surface area contributed by atoms with E-state index in [4.69, 9.17) is 0 Å². The Labute approximate surface area is 211 Å². The number of anilines is 1. The van der Waals surface area contributed by atoms with E-state index in [2.05, 4.69) is 79.7 Å². The summed E-state index contributed by atoms with van der Waals surface area (Å²) in [5.41, 5.74) is 4.82. The van der Waals surface area contributed by atoms with Gasteiger partial charge in [-0.05, 0) is 66.3 Å². The molecule has 0 spiro atoms. The molecule has 2 heterocycles. The molecule has 0 saturated carbocycles. The summed E-state index contributed by atoms with van der Waals surface area (Å²) in [4.78, 5) is 22.0. The molecule has 1 amide bonds. The van der Waals surface area contributed by atoms with Crippen LogP contribution in [-0.4, -0.2) is 46.9 Å². The minimum Gasteiger partial charge on any atom is -0.385 e. The van der Waals surface area contributed by atoms with Gasteiger partial charge in [0.05, 0.1) is 0 Å². The van der Waals surface area contributed by atoms with Gasteiger partial charge in [0.1, 0.15) is 0 Å². The number of hydrogen-bond acceptors (Lipinski definition) is 4. The van der Waals surface area contributed by atoms with Gasteiger partial charge in [-0.15, -0.1) is 0 Å². The zero-order valence-corrected chi connectivity index (χ0v) is 21.2. The lowest BCUT2D eigenvalue weighted by Crippen LogP contribution is -2.38. The third-order valence-corrected chi connectivity index (χ3v) is 6.78. The normalized spacial score (nSPS) is 15.1. The van der Waals surface area contributed by atoms with Gasteiger partial charge < -0.3 is 10.2 Å². The summed E-state index contributed by atoms with van der Waals surface area (Å²) in [6.45, 7) is 5.04. The number of carbonyl (C=O) groups excluding carboxylic acids is 1. The van der Waals surface area contributed by atoms with E-state index in [9.17, 15) is 4.79 Å². The molecule has 1 aromatic heterocycles. The number of nitrogens with one attached hydrogen (secondary N) is 1. The van der Waals surface area contributed by atoms with Crippen molar-refractivity contribution in [3.05, 3.63) is 94.2 Å². The Hall–Kier alpha value is -2.70. The highest BCUT2D eigenvalue weighted by Crippen LogP contribution is 2.24. The van der Waals surface area contributed by atoms with Gasteiger partial charge in [-0.25, -0.2) is 0 Å². The predicted molar refractivity (Wildman–Crippen MR) is 142 cm³/mol. The maximum absolute atomic E-state index is 13.4. The second-order valence-corrected chi connectivity index (χ2v) is 9.78. The highest BCUT2D eigenvalue weighted by molar-refractivity contribution is 9.10. The van der Waals surface area contributed by atoms with Crippen LogP contribution >= 0.6 is 15.9 Å². The van der Waals surface area contributed by atoms with Crippen molar-refractivity contribution in [1.29, 1.82) is 0 Å². The van der Waals surface area contributed by atoms with E-state index < -0.39 is 0 Å². The van der Waals surface area contributed by atoms with Crippen LogP contribution < -0.4 is 5.32 Å². The lowest BCUT2D eigenvalue weighted by atomic mass is 10.1. The van der Waals surface area contributed by atoms with Crippen molar-refractivity contribution in [3.8, 4) is 0 Å². The molecule has 0 atom stereocenters. The van der Waals surface area contributed by atoms with E-state index in [-0.39, 0.29) is 5.91 Å². The minimum atomic E-state index is 0.221. The summed E-state index contributed by atoms with van der Waals surface area (Å²) in [6.07, 6.45) is 6.98. The van der Waals surface area contributed by atoms with Crippen molar-refractivity contribution in [3.63, 3.8) is 0 Å². The van der Waals surface area contributed by atoms with Crippen molar-refractivity contribution in [1.82, 2.24) is 14.8 Å². The molecular weight excluding hydrogens is 488 g/mol. The third kappa shape index (κ3) is 7.40. The highest BCUT2D eigenvalue weighted by Gasteiger charge is 2.19. The van der Waals surface area contributed by atoms with E-state index in [0.29, 0.717) is 13.0 Å². The van der Waals surface area contributed by atoms with Crippen molar-refractivity contribution >= 4 is 27.5 Å². The number of fused-ring (bicyclic) bond motifs is 1. The fourth-order valence-electron chi connectivity index (χ4n) is 4.41. The van der Waals surface area contributed by atoms with Gasteiger partial charge in [0, 0.05) is 68.2 Å².